The maximum Gasteiger partial charge on any atom is 0.244 e. The first-order valence-corrected chi connectivity index (χ1v) is 8.83. The van der Waals surface area contributed by atoms with Crippen molar-refractivity contribution in [2.24, 2.45) is 5.92 Å². The van der Waals surface area contributed by atoms with E-state index < -0.39 is 0 Å². The lowest BCUT2D eigenvalue weighted by molar-refractivity contribution is -0.130. The molecule has 138 valence electrons. The Morgan fingerprint density at radius 1 is 0.923 bits per heavy atom. The third-order valence-electron chi connectivity index (χ3n) is 4.07. The molecule has 2 aromatic carbocycles. The van der Waals surface area contributed by atoms with Gasteiger partial charge >= 0.3 is 0 Å². The van der Waals surface area contributed by atoms with Crippen LogP contribution in [-0.4, -0.2) is 29.8 Å². The average Bonchev–Trinajstić information content (AvgIpc) is 2.63. The number of rotatable bonds is 7. The first-order chi connectivity index (χ1) is 12.4. The molecule has 0 aromatic heterocycles. The minimum atomic E-state index is -0.347. The van der Waals surface area contributed by atoms with Crippen molar-refractivity contribution in [1.82, 2.24) is 4.90 Å². The fourth-order valence-electron chi connectivity index (χ4n) is 2.51. The minimum absolute atomic E-state index is 0.0169. The maximum atomic E-state index is 12.5. The highest BCUT2D eigenvalue weighted by molar-refractivity contribution is 5.92. The molecule has 0 heterocycles. The molecule has 26 heavy (non-hydrogen) atoms. The normalized spacial score (nSPS) is 11.7. The molecular weight excluding hydrogens is 326 g/mol. The van der Waals surface area contributed by atoms with Crippen LogP contribution >= 0.6 is 0 Å². The highest BCUT2D eigenvalue weighted by Crippen LogP contribution is 2.16. The molecule has 0 spiro atoms. The predicted molar refractivity (Wildman–Crippen MR) is 106 cm³/mol. The van der Waals surface area contributed by atoms with E-state index in [0.29, 0.717) is 6.54 Å². The van der Waals surface area contributed by atoms with Gasteiger partial charge in [-0.15, -0.1) is 0 Å². The number of hydrogen-bond donors (Lipinski definition) is 2. The number of nitrogens with one attached hydrogen (secondary N) is 2. The predicted octanol–water partition coefficient (Wildman–Crippen LogP) is 3.74. The van der Waals surface area contributed by atoms with Gasteiger partial charge in [0.1, 0.15) is 6.04 Å². The second kappa shape index (κ2) is 9.04. The van der Waals surface area contributed by atoms with E-state index in [2.05, 4.69) is 10.6 Å². The highest BCUT2D eigenvalue weighted by Gasteiger charge is 2.17. The number of benzene rings is 2. The molecule has 2 amide bonds. The van der Waals surface area contributed by atoms with E-state index in [1.807, 2.05) is 75.4 Å². The second-order valence-electron chi connectivity index (χ2n) is 6.77. The quantitative estimate of drug-likeness (QED) is 0.797. The summed E-state index contributed by atoms with van der Waals surface area (Å²) in [6.07, 6.45) is 0. The number of likely N-dealkylation sites (N-methyl/N-ethyl adjacent to an activating group) is 1. The standard InChI is InChI=1S/C21H27N3O2/c1-15(2)20(25)23-19-12-10-18(11-13-19)22-16(3)21(26)24(4)14-17-8-6-5-7-9-17/h5-13,15-16,22H,14H2,1-4H3,(H,23,25). The van der Waals surface area contributed by atoms with E-state index in [1.165, 1.54) is 0 Å². The lowest BCUT2D eigenvalue weighted by atomic mass is 10.2. The van der Waals surface area contributed by atoms with E-state index in [0.717, 1.165) is 16.9 Å². The Kier molecular flexibility index (Phi) is 6.78. The summed E-state index contributed by atoms with van der Waals surface area (Å²) in [4.78, 5) is 26.0. The molecule has 0 aliphatic carbocycles. The number of amides is 2. The van der Waals surface area contributed by atoms with Crippen LogP contribution in [0, 0.1) is 5.92 Å². The lowest BCUT2D eigenvalue weighted by Gasteiger charge is -2.23. The summed E-state index contributed by atoms with van der Waals surface area (Å²) in [5, 5.41) is 6.06. The zero-order valence-electron chi connectivity index (χ0n) is 15.8. The first-order valence-electron chi connectivity index (χ1n) is 8.83. The molecule has 2 aromatic rings. The van der Waals surface area contributed by atoms with Gasteiger partial charge in [0.25, 0.3) is 0 Å². The van der Waals surface area contributed by atoms with Crippen molar-refractivity contribution < 1.29 is 9.59 Å². The molecule has 0 bridgehead atoms. The van der Waals surface area contributed by atoms with Crippen LogP contribution in [0.5, 0.6) is 0 Å². The minimum Gasteiger partial charge on any atom is -0.374 e. The zero-order valence-corrected chi connectivity index (χ0v) is 15.8. The van der Waals surface area contributed by atoms with Crippen molar-refractivity contribution in [3.8, 4) is 0 Å². The van der Waals surface area contributed by atoms with Crippen molar-refractivity contribution >= 4 is 23.2 Å². The SMILES string of the molecule is CC(C)C(=O)Nc1ccc(NC(C)C(=O)N(C)Cc2ccccc2)cc1. The van der Waals surface area contributed by atoms with Gasteiger partial charge in [0.15, 0.2) is 0 Å². The first kappa shape index (κ1) is 19.5. The summed E-state index contributed by atoms with van der Waals surface area (Å²) in [6, 6.07) is 16.9. The summed E-state index contributed by atoms with van der Waals surface area (Å²) in [7, 11) is 1.80. The third kappa shape index (κ3) is 5.62. The summed E-state index contributed by atoms with van der Waals surface area (Å²) in [5.74, 6) is -0.0616. The molecule has 0 saturated carbocycles. The van der Waals surface area contributed by atoms with E-state index in [4.69, 9.17) is 0 Å². The number of hydrogen-bond acceptors (Lipinski definition) is 3. The Balaban J connectivity index is 1.90. The van der Waals surface area contributed by atoms with Gasteiger partial charge in [-0.25, -0.2) is 0 Å². The van der Waals surface area contributed by atoms with Crippen LogP contribution in [0.25, 0.3) is 0 Å². The summed E-state index contributed by atoms with van der Waals surface area (Å²) in [6.45, 7) is 6.12. The Bertz CT molecular complexity index is 727. The molecule has 5 nitrogen and oxygen atoms in total. The summed E-state index contributed by atoms with van der Waals surface area (Å²) >= 11 is 0. The lowest BCUT2D eigenvalue weighted by Crippen LogP contribution is -2.38. The van der Waals surface area contributed by atoms with Crippen LogP contribution < -0.4 is 10.6 Å². The van der Waals surface area contributed by atoms with E-state index >= 15 is 0 Å². The van der Waals surface area contributed by atoms with Gasteiger partial charge in [-0.1, -0.05) is 44.2 Å². The maximum absolute atomic E-state index is 12.5. The molecule has 0 fully saturated rings. The molecule has 0 radical (unpaired) electrons. The Morgan fingerprint density at radius 3 is 2.08 bits per heavy atom. The van der Waals surface area contributed by atoms with Crippen molar-refractivity contribution in [3.63, 3.8) is 0 Å². The average molecular weight is 353 g/mol. The van der Waals surface area contributed by atoms with Crippen LogP contribution in [0.2, 0.25) is 0 Å². The topological polar surface area (TPSA) is 61.4 Å². The molecule has 0 saturated heterocycles. The second-order valence-corrected chi connectivity index (χ2v) is 6.77. The van der Waals surface area contributed by atoms with Gasteiger partial charge in [0, 0.05) is 30.9 Å². The Labute approximate surface area is 155 Å². The third-order valence-corrected chi connectivity index (χ3v) is 4.07. The van der Waals surface area contributed by atoms with Crippen LogP contribution in [0.4, 0.5) is 11.4 Å². The van der Waals surface area contributed by atoms with E-state index in [1.54, 1.807) is 11.9 Å². The van der Waals surface area contributed by atoms with Crippen LogP contribution in [0.15, 0.2) is 54.6 Å². The number of nitrogens with zero attached hydrogens (tertiary/aromatic N) is 1. The molecule has 2 N–H and O–H groups in total. The van der Waals surface area contributed by atoms with Gasteiger partial charge in [-0.3, -0.25) is 9.59 Å². The van der Waals surface area contributed by atoms with Gasteiger partial charge in [-0.2, -0.15) is 0 Å². The van der Waals surface area contributed by atoms with E-state index in [-0.39, 0.29) is 23.8 Å². The monoisotopic (exact) mass is 353 g/mol. The van der Waals surface area contributed by atoms with Crippen LogP contribution in [-0.2, 0) is 16.1 Å². The van der Waals surface area contributed by atoms with Gasteiger partial charge in [-0.05, 0) is 36.8 Å². The highest BCUT2D eigenvalue weighted by atomic mass is 16.2. The van der Waals surface area contributed by atoms with E-state index in [9.17, 15) is 9.59 Å². The smallest absolute Gasteiger partial charge is 0.244 e. The van der Waals surface area contributed by atoms with Gasteiger partial charge < -0.3 is 15.5 Å². The Hall–Kier alpha value is -2.82. The van der Waals surface area contributed by atoms with Crippen molar-refractivity contribution in [1.29, 1.82) is 0 Å². The summed E-state index contributed by atoms with van der Waals surface area (Å²) in [5.41, 5.74) is 2.68. The summed E-state index contributed by atoms with van der Waals surface area (Å²) < 4.78 is 0. The van der Waals surface area contributed by atoms with Crippen molar-refractivity contribution in [3.05, 3.63) is 60.2 Å². The molecule has 0 aliphatic rings. The fraction of sp³-hybridized carbons (Fsp3) is 0.333. The van der Waals surface area contributed by atoms with Crippen LogP contribution in [0.1, 0.15) is 26.3 Å². The zero-order chi connectivity index (χ0) is 19.1. The molecular formula is C21H27N3O2. The molecule has 0 aliphatic heterocycles. The number of carbonyl (C=O) groups is 2. The van der Waals surface area contributed by atoms with Crippen molar-refractivity contribution in [2.75, 3.05) is 17.7 Å². The molecule has 1 unspecified atom stereocenters. The molecule has 1 atom stereocenters. The van der Waals surface area contributed by atoms with Gasteiger partial charge in [0.05, 0.1) is 0 Å². The number of carbonyl (C=O) groups excluding carboxylic acids is 2. The van der Waals surface area contributed by atoms with Crippen LogP contribution in [0.3, 0.4) is 0 Å². The molecule has 2 rings (SSSR count). The largest absolute Gasteiger partial charge is 0.374 e. The van der Waals surface area contributed by atoms with Crippen molar-refractivity contribution in [2.45, 2.75) is 33.4 Å². The molecule has 5 heteroatoms. The fourth-order valence-corrected chi connectivity index (χ4v) is 2.51. The number of anilines is 2. The van der Waals surface area contributed by atoms with Gasteiger partial charge in [0.2, 0.25) is 11.8 Å². The Morgan fingerprint density at radius 2 is 1.50 bits per heavy atom.